The summed E-state index contributed by atoms with van der Waals surface area (Å²) in [6.07, 6.45) is 4.10. The van der Waals surface area contributed by atoms with E-state index >= 15 is 0 Å². The van der Waals surface area contributed by atoms with E-state index in [0.717, 1.165) is 28.7 Å². The number of nitrogens with zero attached hydrogens (tertiary/aromatic N) is 2. The van der Waals surface area contributed by atoms with Crippen LogP contribution in [0.15, 0.2) is 47.2 Å². The Kier molecular flexibility index (Phi) is 5.15. The molecule has 0 bridgehead atoms. The van der Waals surface area contributed by atoms with Crippen molar-refractivity contribution in [3.63, 3.8) is 0 Å². The van der Waals surface area contributed by atoms with Crippen LogP contribution < -0.4 is 4.90 Å². The predicted molar refractivity (Wildman–Crippen MR) is 86.0 cm³/mol. The van der Waals surface area contributed by atoms with Crippen LogP contribution in [0.4, 0.5) is 5.69 Å². The lowest BCUT2D eigenvalue weighted by atomic mass is 10.1. The van der Waals surface area contributed by atoms with Crippen LogP contribution in [0.3, 0.4) is 0 Å². The fourth-order valence-corrected chi connectivity index (χ4v) is 2.55. The van der Waals surface area contributed by atoms with Gasteiger partial charge in [0.15, 0.2) is 0 Å². The maximum absolute atomic E-state index is 9.91. The molecule has 0 fully saturated rings. The van der Waals surface area contributed by atoms with Gasteiger partial charge in [-0.25, -0.2) is 0 Å². The van der Waals surface area contributed by atoms with Gasteiger partial charge in [-0.1, -0.05) is 15.9 Å². The molecule has 0 spiro atoms. The summed E-state index contributed by atoms with van der Waals surface area (Å²) in [5.41, 5.74) is 3.27. The Morgan fingerprint density at radius 2 is 1.95 bits per heavy atom. The third-order valence-electron chi connectivity index (χ3n) is 3.34. The van der Waals surface area contributed by atoms with Crippen molar-refractivity contribution in [2.75, 3.05) is 18.5 Å². The molecule has 0 radical (unpaired) electrons. The summed E-state index contributed by atoms with van der Waals surface area (Å²) in [5.74, 6) is 0. The Hall–Kier alpha value is -1.39. The first kappa shape index (κ1) is 15.0. The number of aliphatic hydroxyl groups is 1. The molecule has 106 valence electrons. The lowest BCUT2D eigenvalue weighted by Crippen LogP contribution is -2.22. The Labute approximate surface area is 128 Å². The summed E-state index contributed by atoms with van der Waals surface area (Å²) >= 11 is 3.45. The van der Waals surface area contributed by atoms with Crippen LogP contribution in [0.5, 0.6) is 0 Å². The summed E-state index contributed by atoms with van der Waals surface area (Å²) < 4.78 is 0.986. The van der Waals surface area contributed by atoms with Crippen molar-refractivity contribution in [3.8, 4) is 0 Å². The van der Waals surface area contributed by atoms with Gasteiger partial charge >= 0.3 is 0 Å². The molecule has 4 heteroatoms. The van der Waals surface area contributed by atoms with Crippen LogP contribution in [-0.4, -0.2) is 23.7 Å². The van der Waals surface area contributed by atoms with Gasteiger partial charge in [0.2, 0.25) is 0 Å². The number of hydrogen-bond donors (Lipinski definition) is 1. The average molecular weight is 335 g/mol. The van der Waals surface area contributed by atoms with Gasteiger partial charge in [0.25, 0.3) is 0 Å². The lowest BCUT2D eigenvalue weighted by molar-refractivity contribution is 0.199. The molecular weight excluding hydrogens is 316 g/mol. The van der Waals surface area contributed by atoms with Gasteiger partial charge in [0, 0.05) is 41.7 Å². The fourth-order valence-electron chi connectivity index (χ4n) is 2.17. The minimum absolute atomic E-state index is 0.481. The normalized spacial score (nSPS) is 12.2. The molecule has 1 unspecified atom stereocenters. The number of anilines is 1. The fraction of sp³-hybridized carbons (Fsp3) is 0.312. The molecule has 0 saturated heterocycles. The van der Waals surface area contributed by atoms with Crippen molar-refractivity contribution in [3.05, 3.63) is 58.3 Å². The van der Waals surface area contributed by atoms with Crippen molar-refractivity contribution in [1.29, 1.82) is 0 Å². The summed E-state index contributed by atoms with van der Waals surface area (Å²) in [6.45, 7) is 2.69. The van der Waals surface area contributed by atoms with Gasteiger partial charge in [-0.3, -0.25) is 4.98 Å². The van der Waals surface area contributed by atoms with Gasteiger partial charge in [-0.15, -0.1) is 0 Å². The molecule has 0 amide bonds. The van der Waals surface area contributed by atoms with E-state index in [0.29, 0.717) is 0 Å². The second-order valence-corrected chi connectivity index (χ2v) is 5.82. The van der Waals surface area contributed by atoms with Gasteiger partial charge in [-0.05, 0) is 49.2 Å². The minimum atomic E-state index is -0.481. The summed E-state index contributed by atoms with van der Waals surface area (Å²) in [5, 5.41) is 9.91. The second kappa shape index (κ2) is 6.86. The van der Waals surface area contributed by atoms with Crippen molar-refractivity contribution < 1.29 is 5.11 Å². The molecule has 0 aliphatic rings. The smallest absolute Gasteiger partial charge is 0.0782 e. The quantitative estimate of drug-likeness (QED) is 0.907. The van der Waals surface area contributed by atoms with E-state index in [1.165, 1.54) is 5.56 Å². The van der Waals surface area contributed by atoms with Gasteiger partial charge in [0.1, 0.15) is 0 Å². The first-order valence-corrected chi connectivity index (χ1v) is 7.45. The van der Waals surface area contributed by atoms with E-state index in [2.05, 4.69) is 32.9 Å². The highest BCUT2D eigenvalue weighted by Crippen LogP contribution is 2.29. The standard InChI is InChI=1S/C16H19BrN2O/c1-12(20)15-11-14(17)3-4-16(15)19(2)10-7-13-5-8-18-9-6-13/h3-6,8-9,11-12,20H,7,10H2,1-2H3. The van der Waals surface area contributed by atoms with Crippen LogP contribution in [-0.2, 0) is 6.42 Å². The minimum Gasteiger partial charge on any atom is -0.389 e. The molecule has 0 aliphatic heterocycles. The molecule has 0 saturated carbocycles. The van der Waals surface area contributed by atoms with Gasteiger partial charge < -0.3 is 10.0 Å². The number of halogens is 1. The summed E-state index contributed by atoms with van der Waals surface area (Å²) in [7, 11) is 2.05. The number of rotatable bonds is 5. The van der Waals surface area contributed by atoms with E-state index in [4.69, 9.17) is 0 Å². The molecule has 1 aromatic heterocycles. The largest absolute Gasteiger partial charge is 0.389 e. The Bertz CT molecular complexity index is 558. The summed E-state index contributed by atoms with van der Waals surface area (Å²) in [6, 6.07) is 10.1. The first-order chi connectivity index (χ1) is 9.58. The molecule has 2 aromatic rings. The van der Waals surface area contributed by atoms with Crippen LogP contribution in [0.2, 0.25) is 0 Å². The van der Waals surface area contributed by atoms with Crippen molar-refractivity contribution in [2.45, 2.75) is 19.4 Å². The monoisotopic (exact) mass is 334 g/mol. The zero-order chi connectivity index (χ0) is 14.5. The van der Waals surface area contributed by atoms with E-state index < -0.39 is 6.10 Å². The molecule has 20 heavy (non-hydrogen) atoms. The predicted octanol–water partition coefficient (Wildman–Crippen LogP) is 3.58. The Morgan fingerprint density at radius 3 is 2.60 bits per heavy atom. The molecule has 1 aromatic carbocycles. The van der Waals surface area contributed by atoms with Crippen molar-refractivity contribution in [2.24, 2.45) is 0 Å². The third-order valence-corrected chi connectivity index (χ3v) is 3.83. The maximum atomic E-state index is 9.91. The van der Waals surface area contributed by atoms with Crippen molar-refractivity contribution >= 4 is 21.6 Å². The van der Waals surface area contributed by atoms with Crippen LogP contribution in [0, 0.1) is 0 Å². The number of hydrogen-bond acceptors (Lipinski definition) is 3. The topological polar surface area (TPSA) is 36.4 Å². The van der Waals surface area contributed by atoms with E-state index in [9.17, 15) is 5.11 Å². The Balaban J connectivity index is 2.11. The molecule has 2 rings (SSSR count). The zero-order valence-corrected chi connectivity index (χ0v) is 13.3. The number of aliphatic hydroxyl groups excluding tert-OH is 1. The number of benzene rings is 1. The summed E-state index contributed by atoms with van der Waals surface area (Å²) in [4.78, 5) is 6.20. The molecule has 1 atom stereocenters. The molecule has 0 aliphatic carbocycles. The molecule has 1 N–H and O–H groups in total. The number of pyridine rings is 1. The van der Waals surface area contributed by atoms with Crippen LogP contribution in [0.1, 0.15) is 24.2 Å². The highest BCUT2D eigenvalue weighted by Gasteiger charge is 2.12. The van der Waals surface area contributed by atoms with Gasteiger partial charge in [0.05, 0.1) is 6.10 Å². The highest BCUT2D eigenvalue weighted by atomic mass is 79.9. The lowest BCUT2D eigenvalue weighted by Gasteiger charge is -2.24. The van der Waals surface area contributed by atoms with E-state index in [-0.39, 0.29) is 0 Å². The van der Waals surface area contributed by atoms with Gasteiger partial charge in [-0.2, -0.15) is 0 Å². The zero-order valence-electron chi connectivity index (χ0n) is 11.8. The average Bonchev–Trinajstić information content (AvgIpc) is 2.45. The Morgan fingerprint density at radius 1 is 1.25 bits per heavy atom. The number of likely N-dealkylation sites (N-methyl/N-ethyl adjacent to an activating group) is 1. The van der Waals surface area contributed by atoms with Crippen molar-refractivity contribution in [1.82, 2.24) is 4.98 Å². The highest BCUT2D eigenvalue weighted by molar-refractivity contribution is 9.10. The first-order valence-electron chi connectivity index (χ1n) is 6.65. The number of aromatic nitrogens is 1. The molecule has 1 heterocycles. The van der Waals surface area contributed by atoms with E-state index in [1.54, 1.807) is 6.92 Å². The second-order valence-electron chi connectivity index (χ2n) is 4.91. The maximum Gasteiger partial charge on any atom is 0.0782 e. The van der Waals surface area contributed by atoms with Crippen LogP contribution in [0.25, 0.3) is 0 Å². The van der Waals surface area contributed by atoms with E-state index in [1.807, 2.05) is 42.7 Å². The van der Waals surface area contributed by atoms with Crippen LogP contribution >= 0.6 is 15.9 Å². The third kappa shape index (κ3) is 3.81. The molecule has 3 nitrogen and oxygen atoms in total. The molecular formula is C16H19BrN2O. The SMILES string of the molecule is CC(O)c1cc(Br)ccc1N(C)CCc1ccncc1.